The van der Waals surface area contributed by atoms with Gasteiger partial charge in [-0.3, -0.25) is 9.59 Å². The van der Waals surface area contributed by atoms with Crippen molar-refractivity contribution in [1.29, 1.82) is 0 Å². The predicted molar refractivity (Wildman–Crippen MR) is 95.5 cm³/mol. The fraction of sp³-hybridized carbons (Fsp3) is 0.667. The highest BCUT2D eigenvalue weighted by molar-refractivity contribution is 5.88. The Kier molecular flexibility index (Phi) is 6.16. The number of hydrogen-bond donors (Lipinski definition) is 0. The number of likely N-dealkylation sites (tertiary alicyclic amines) is 1. The van der Waals surface area contributed by atoms with Crippen LogP contribution >= 0.6 is 0 Å². The van der Waals surface area contributed by atoms with Crippen molar-refractivity contribution in [3.8, 4) is 0 Å². The molecular formula is C18H27N5O3. The zero-order valence-corrected chi connectivity index (χ0v) is 15.5. The lowest BCUT2D eigenvalue weighted by molar-refractivity contribution is -0.151. The summed E-state index contributed by atoms with van der Waals surface area (Å²) in [5.74, 6) is 0.291. The van der Waals surface area contributed by atoms with Gasteiger partial charge in [0.05, 0.1) is 0 Å². The number of aromatic nitrogens is 2. The molecule has 1 aromatic rings. The standard InChI is InChI=1S/C18H27N5O3/c1-21-9-10-23(17(24)12-26-2)16(11-21)18(25)22-7-4-14(5-8-22)15-3-6-19-13-20-15/h3,6,13-14,16H,4-5,7-12H2,1-2H3/t16-/m0/s1. The molecule has 0 bridgehead atoms. The molecule has 8 heteroatoms. The highest BCUT2D eigenvalue weighted by Crippen LogP contribution is 2.27. The van der Waals surface area contributed by atoms with Crippen molar-refractivity contribution < 1.29 is 14.3 Å². The minimum Gasteiger partial charge on any atom is -0.375 e. The minimum atomic E-state index is -0.424. The van der Waals surface area contributed by atoms with Crippen molar-refractivity contribution in [2.45, 2.75) is 24.8 Å². The fourth-order valence-electron chi connectivity index (χ4n) is 3.78. The van der Waals surface area contributed by atoms with Gasteiger partial charge in [-0.15, -0.1) is 0 Å². The van der Waals surface area contributed by atoms with Gasteiger partial charge in [-0.2, -0.15) is 0 Å². The van der Waals surface area contributed by atoms with E-state index in [2.05, 4.69) is 14.9 Å². The lowest BCUT2D eigenvalue weighted by Crippen LogP contribution is -2.61. The van der Waals surface area contributed by atoms with E-state index < -0.39 is 6.04 Å². The number of piperazine rings is 1. The highest BCUT2D eigenvalue weighted by Gasteiger charge is 2.37. The summed E-state index contributed by atoms with van der Waals surface area (Å²) in [6, 6.07) is 1.52. The van der Waals surface area contributed by atoms with Crippen molar-refractivity contribution in [1.82, 2.24) is 24.7 Å². The molecule has 2 amide bonds. The van der Waals surface area contributed by atoms with Gasteiger partial charge < -0.3 is 19.4 Å². The molecule has 1 atom stereocenters. The van der Waals surface area contributed by atoms with Crippen LogP contribution in [0.1, 0.15) is 24.5 Å². The van der Waals surface area contributed by atoms with Crippen molar-refractivity contribution in [3.63, 3.8) is 0 Å². The number of likely N-dealkylation sites (N-methyl/N-ethyl adjacent to an activating group) is 1. The van der Waals surface area contributed by atoms with Crippen LogP contribution in [0.2, 0.25) is 0 Å². The normalized spacial score (nSPS) is 22.5. The first kappa shape index (κ1) is 18.7. The van der Waals surface area contributed by atoms with Crippen LogP contribution in [-0.2, 0) is 14.3 Å². The van der Waals surface area contributed by atoms with Crippen LogP contribution < -0.4 is 0 Å². The molecule has 8 nitrogen and oxygen atoms in total. The second-order valence-electron chi connectivity index (χ2n) is 7.03. The molecular weight excluding hydrogens is 334 g/mol. The van der Waals surface area contributed by atoms with Gasteiger partial charge in [-0.05, 0) is 26.0 Å². The van der Waals surface area contributed by atoms with E-state index in [1.807, 2.05) is 18.0 Å². The van der Waals surface area contributed by atoms with E-state index >= 15 is 0 Å². The molecule has 0 radical (unpaired) electrons. The van der Waals surface area contributed by atoms with Crippen LogP contribution in [0, 0.1) is 0 Å². The number of carbonyl (C=O) groups is 2. The molecule has 2 fully saturated rings. The van der Waals surface area contributed by atoms with E-state index in [0.717, 1.165) is 25.1 Å². The fourth-order valence-corrected chi connectivity index (χ4v) is 3.78. The topological polar surface area (TPSA) is 78.9 Å². The van der Waals surface area contributed by atoms with Crippen LogP contribution in [0.5, 0.6) is 0 Å². The van der Waals surface area contributed by atoms with Crippen LogP contribution in [0.3, 0.4) is 0 Å². The Balaban J connectivity index is 1.63. The lowest BCUT2D eigenvalue weighted by Gasteiger charge is -2.42. The van der Waals surface area contributed by atoms with Crippen molar-refractivity contribution in [2.24, 2.45) is 0 Å². The Labute approximate surface area is 154 Å². The summed E-state index contributed by atoms with van der Waals surface area (Å²) in [5, 5.41) is 0. The summed E-state index contributed by atoms with van der Waals surface area (Å²) in [6.45, 7) is 3.31. The van der Waals surface area contributed by atoms with Crippen LogP contribution in [0.4, 0.5) is 0 Å². The van der Waals surface area contributed by atoms with Gasteiger partial charge in [-0.25, -0.2) is 9.97 Å². The van der Waals surface area contributed by atoms with E-state index in [9.17, 15) is 9.59 Å². The Hall–Kier alpha value is -2.06. The van der Waals surface area contributed by atoms with Gasteiger partial charge in [0, 0.05) is 57.6 Å². The SMILES string of the molecule is COCC(=O)N1CCN(C)C[C@H]1C(=O)N1CCC(c2ccncn2)CC1. The summed E-state index contributed by atoms with van der Waals surface area (Å²) in [5.41, 5.74) is 1.04. The van der Waals surface area contributed by atoms with Crippen LogP contribution in [0.25, 0.3) is 0 Å². The summed E-state index contributed by atoms with van der Waals surface area (Å²) in [7, 11) is 3.49. The molecule has 3 rings (SSSR count). The molecule has 0 saturated carbocycles. The maximum atomic E-state index is 13.1. The Morgan fingerprint density at radius 3 is 2.65 bits per heavy atom. The summed E-state index contributed by atoms with van der Waals surface area (Å²) in [4.78, 5) is 39.4. The van der Waals surface area contributed by atoms with Crippen molar-refractivity contribution >= 4 is 11.8 Å². The Morgan fingerprint density at radius 1 is 1.23 bits per heavy atom. The van der Waals surface area contributed by atoms with E-state index in [1.54, 1.807) is 17.4 Å². The Bertz CT molecular complexity index is 619. The quantitative estimate of drug-likeness (QED) is 0.750. The van der Waals surface area contributed by atoms with Crippen LogP contribution in [-0.4, -0.2) is 96.0 Å². The number of ether oxygens (including phenoxy) is 1. The maximum Gasteiger partial charge on any atom is 0.249 e. The molecule has 0 aromatic carbocycles. The second kappa shape index (κ2) is 8.55. The summed E-state index contributed by atoms with van der Waals surface area (Å²) >= 11 is 0. The Morgan fingerprint density at radius 2 is 2.00 bits per heavy atom. The number of amides is 2. The zero-order valence-electron chi connectivity index (χ0n) is 15.5. The maximum absolute atomic E-state index is 13.1. The van der Waals surface area contributed by atoms with Gasteiger partial charge in [0.2, 0.25) is 11.8 Å². The van der Waals surface area contributed by atoms with E-state index in [1.165, 1.54) is 7.11 Å². The van der Waals surface area contributed by atoms with Gasteiger partial charge in [0.15, 0.2) is 0 Å². The van der Waals surface area contributed by atoms with E-state index in [0.29, 0.717) is 32.1 Å². The first-order chi connectivity index (χ1) is 12.6. The molecule has 2 aliphatic rings. The number of hydrogen-bond acceptors (Lipinski definition) is 6. The van der Waals surface area contributed by atoms with Crippen molar-refractivity contribution in [2.75, 3.05) is 53.5 Å². The van der Waals surface area contributed by atoms with E-state index in [4.69, 9.17) is 4.74 Å². The van der Waals surface area contributed by atoms with Crippen molar-refractivity contribution in [3.05, 3.63) is 24.3 Å². The molecule has 0 spiro atoms. The smallest absolute Gasteiger partial charge is 0.249 e. The van der Waals surface area contributed by atoms with E-state index in [-0.39, 0.29) is 18.4 Å². The largest absolute Gasteiger partial charge is 0.375 e. The molecule has 0 unspecified atom stereocenters. The minimum absolute atomic E-state index is 0.0171. The molecule has 142 valence electrons. The average Bonchev–Trinajstić information content (AvgIpc) is 2.68. The number of methoxy groups -OCH3 is 1. The van der Waals surface area contributed by atoms with Gasteiger partial charge in [0.1, 0.15) is 19.0 Å². The molecule has 2 saturated heterocycles. The molecule has 0 N–H and O–H groups in total. The van der Waals surface area contributed by atoms with Gasteiger partial charge in [0.25, 0.3) is 0 Å². The average molecular weight is 361 g/mol. The second-order valence-corrected chi connectivity index (χ2v) is 7.03. The third kappa shape index (κ3) is 4.19. The molecule has 2 aliphatic heterocycles. The number of carbonyl (C=O) groups excluding carboxylic acids is 2. The third-order valence-corrected chi connectivity index (χ3v) is 5.29. The number of nitrogens with zero attached hydrogens (tertiary/aromatic N) is 5. The zero-order chi connectivity index (χ0) is 18.5. The molecule has 26 heavy (non-hydrogen) atoms. The van der Waals surface area contributed by atoms with Crippen LogP contribution in [0.15, 0.2) is 18.6 Å². The highest BCUT2D eigenvalue weighted by atomic mass is 16.5. The molecule has 3 heterocycles. The first-order valence-corrected chi connectivity index (χ1v) is 9.11. The third-order valence-electron chi connectivity index (χ3n) is 5.29. The van der Waals surface area contributed by atoms with Gasteiger partial charge >= 0.3 is 0 Å². The lowest BCUT2D eigenvalue weighted by atomic mass is 9.93. The predicted octanol–water partition coefficient (Wildman–Crippen LogP) is -0.0284. The van der Waals surface area contributed by atoms with Gasteiger partial charge in [-0.1, -0.05) is 0 Å². The number of rotatable bonds is 4. The molecule has 1 aromatic heterocycles. The summed E-state index contributed by atoms with van der Waals surface area (Å²) in [6.07, 6.45) is 5.11. The monoisotopic (exact) mass is 361 g/mol. The summed E-state index contributed by atoms with van der Waals surface area (Å²) < 4.78 is 4.98. The molecule has 0 aliphatic carbocycles. The first-order valence-electron chi connectivity index (χ1n) is 9.11. The number of piperidine rings is 1.